The topological polar surface area (TPSA) is 104 Å². The Morgan fingerprint density at radius 3 is 2.58 bits per heavy atom. The lowest BCUT2D eigenvalue weighted by atomic mass is 10.1. The number of carboxylic acids is 1. The van der Waals surface area contributed by atoms with Crippen molar-refractivity contribution in [1.82, 2.24) is 10.2 Å². The van der Waals surface area contributed by atoms with Crippen molar-refractivity contribution in [3.8, 4) is 0 Å². The fourth-order valence-electron chi connectivity index (χ4n) is 3.30. The lowest BCUT2D eigenvalue weighted by molar-refractivity contribution is -0.141. The minimum Gasteiger partial charge on any atom is -0.481 e. The van der Waals surface area contributed by atoms with Gasteiger partial charge in [-0.2, -0.15) is 0 Å². The van der Waals surface area contributed by atoms with Crippen LogP contribution in [0.4, 0.5) is 0 Å². The molecule has 1 fully saturated rings. The first kappa shape index (κ1) is 16.2. The minimum absolute atomic E-state index is 0.226. The van der Waals surface area contributed by atoms with Crippen molar-refractivity contribution < 1.29 is 24.3 Å². The molecule has 7 heteroatoms. The second-order valence-corrected chi connectivity index (χ2v) is 6.36. The second kappa shape index (κ2) is 6.07. The minimum atomic E-state index is -0.859. The molecule has 0 radical (unpaired) electrons. The number of hydrogen-bond donors (Lipinski definition) is 2. The fourth-order valence-corrected chi connectivity index (χ4v) is 3.30. The molecule has 126 valence electrons. The molecule has 2 N–H and O–H groups in total. The Morgan fingerprint density at radius 1 is 1.21 bits per heavy atom. The summed E-state index contributed by atoms with van der Waals surface area (Å²) < 4.78 is 0. The zero-order valence-electron chi connectivity index (χ0n) is 13.2. The number of carbonyl (C=O) groups excluding carboxylic acids is 3. The number of amides is 3. The van der Waals surface area contributed by atoms with Gasteiger partial charge in [-0.15, -0.1) is 0 Å². The summed E-state index contributed by atoms with van der Waals surface area (Å²) in [5.41, 5.74) is 1.50. The molecule has 3 rings (SSSR count). The van der Waals surface area contributed by atoms with Gasteiger partial charge in [-0.1, -0.05) is 11.6 Å². The van der Waals surface area contributed by atoms with Crippen LogP contribution < -0.4 is 5.32 Å². The summed E-state index contributed by atoms with van der Waals surface area (Å²) in [4.78, 5) is 48.6. The van der Waals surface area contributed by atoms with Crippen LogP contribution in [-0.4, -0.2) is 46.3 Å². The van der Waals surface area contributed by atoms with Gasteiger partial charge in [0, 0.05) is 6.04 Å². The molecule has 0 unspecified atom stereocenters. The van der Waals surface area contributed by atoms with Crippen LogP contribution in [0.3, 0.4) is 0 Å². The normalized spacial score (nSPS) is 22.6. The van der Waals surface area contributed by atoms with E-state index in [0.29, 0.717) is 30.4 Å². The van der Waals surface area contributed by atoms with Crippen LogP contribution in [0.25, 0.3) is 0 Å². The van der Waals surface area contributed by atoms with Gasteiger partial charge in [0.25, 0.3) is 11.8 Å². The molecule has 0 saturated heterocycles. The lowest BCUT2D eigenvalue weighted by Crippen LogP contribution is -2.43. The van der Waals surface area contributed by atoms with E-state index in [1.54, 1.807) is 18.2 Å². The van der Waals surface area contributed by atoms with E-state index >= 15 is 0 Å². The number of nitrogens with zero attached hydrogens (tertiary/aromatic N) is 1. The molecular formula is C17H18N2O5. The van der Waals surface area contributed by atoms with E-state index in [9.17, 15) is 19.2 Å². The third kappa shape index (κ3) is 2.89. The van der Waals surface area contributed by atoms with Gasteiger partial charge in [0.1, 0.15) is 6.54 Å². The number of carbonyl (C=O) groups is 4. The van der Waals surface area contributed by atoms with Gasteiger partial charge in [-0.25, -0.2) is 0 Å². The van der Waals surface area contributed by atoms with Crippen molar-refractivity contribution >= 4 is 23.7 Å². The molecule has 1 aliphatic heterocycles. The zero-order chi connectivity index (χ0) is 17.4. The number of fused-ring (bicyclic) bond motifs is 1. The standard InChI is InChI=1S/C17H18N2O5/c1-9-2-5-12-13(6-9)16(22)19(15(12)21)8-14(20)18-11-4-3-10(7-11)17(23)24/h2,5-6,10-11H,3-4,7-8H2,1H3,(H,18,20)(H,23,24)/t10-,11+/m0/s1. The number of nitrogens with one attached hydrogen (secondary N) is 1. The highest BCUT2D eigenvalue weighted by molar-refractivity contribution is 6.22. The average Bonchev–Trinajstić information content (AvgIpc) is 3.07. The largest absolute Gasteiger partial charge is 0.481 e. The molecule has 1 aromatic rings. The van der Waals surface area contributed by atoms with Crippen LogP contribution in [0.2, 0.25) is 0 Å². The van der Waals surface area contributed by atoms with E-state index < -0.39 is 29.6 Å². The molecule has 1 aliphatic carbocycles. The maximum absolute atomic E-state index is 12.3. The summed E-state index contributed by atoms with van der Waals surface area (Å²) in [5.74, 6) is -2.69. The monoisotopic (exact) mass is 330 g/mol. The van der Waals surface area contributed by atoms with Crippen LogP contribution in [0.5, 0.6) is 0 Å². The van der Waals surface area contributed by atoms with Gasteiger partial charge in [0.15, 0.2) is 0 Å². The molecule has 7 nitrogen and oxygen atoms in total. The van der Waals surface area contributed by atoms with Gasteiger partial charge >= 0.3 is 5.97 Å². The zero-order valence-corrected chi connectivity index (χ0v) is 13.2. The van der Waals surface area contributed by atoms with Crippen LogP contribution >= 0.6 is 0 Å². The third-order valence-electron chi connectivity index (χ3n) is 4.57. The van der Waals surface area contributed by atoms with Crippen LogP contribution in [0.1, 0.15) is 45.5 Å². The van der Waals surface area contributed by atoms with Gasteiger partial charge in [-0.3, -0.25) is 24.1 Å². The molecule has 0 spiro atoms. The highest BCUT2D eigenvalue weighted by Crippen LogP contribution is 2.26. The maximum atomic E-state index is 12.3. The van der Waals surface area contributed by atoms with Crippen molar-refractivity contribution in [3.63, 3.8) is 0 Å². The number of imide groups is 1. The van der Waals surface area contributed by atoms with E-state index in [2.05, 4.69) is 5.32 Å². The number of benzene rings is 1. The number of carboxylic acid groups (broad SMARTS) is 1. The first-order chi connectivity index (χ1) is 11.4. The number of aliphatic carboxylic acids is 1. The molecule has 24 heavy (non-hydrogen) atoms. The Balaban J connectivity index is 1.63. The first-order valence-corrected chi connectivity index (χ1v) is 7.86. The highest BCUT2D eigenvalue weighted by atomic mass is 16.4. The van der Waals surface area contributed by atoms with E-state index in [1.807, 2.05) is 6.92 Å². The summed E-state index contributed by atoms with van der Waals surface area (Å²) in [5, 5.41) is 11.7. The molecule has 1 saturated carbocycles. The molecule has 2 aliphatic rings. The lowest BCUT2D eigenvalue weighted by Gasteiger charge is -2.16. The van der Waals surface area contributed by atoms with Crippen molar-refractivity contribution in [3.05, 3.63) is 34.9 Å². The van der Waals surface area contributed by atoms with E-state index in [0.717, 1.165) is 10.5 Å². The molecule has 0 bridgehead atoms. The highest BCUT2D eigenvalue weighted by Gasteiger charge is 2.37. The van der Waals surface area contributed by atoms with Gasteiger partial charge < -0.3 is 10.4 Å². The summed E-state index contributed by atoms with van der Waals surface area (Å²) in [6.07, 6.45) is 1.49. The van der Waals surface area contributed by atoms with Crippen molar-refractivity contribution in [2.24, 2.45) is 5.92 Å². The number of rotatable bonds is 4. The van der Waals surface area contributed by atoms with E-state index in [4.69, 9.17) is 5.11 Å². The first-order valence-electron chi connectivity index (χ1n) is 7.86. The average molecular weight is 330 g/mol. The Labute approximate surface area is 138 Å². The third-order valence-corrected chi connectivity index (χ3v) is 4.57. The van der Waals surface area contributed by atoms with E-state index in [-0.39, 0.29) is 12.6 Å². The van der Waals surface area contributed by atoms with Gasteiger partial charge in [-0.05, 0) is 38.3 Å². The van der Waals surface area contributed by atoms with Gasteiger partial charge in [0.2, 0.25) is 5.91 Å². The van der Waals surface area contributed by atoms with Crippen LogP contribution in [-0.2, 0) is 9.59 Å². The predicted octanol–water partition coefficient (Wildman–Crippen LogP) is 0.961. The Bertz CT molecular complexity index is 742. The SMILES string of the molecule is Cc1ccc2c(c1)C(=O)N(CC(=O)N[C@@H]1CC[C@H](C(=O)O)C1)C2=O. The van der Waals surface area contributed by atoms with Crippen LogP contribution in [0.15, 0.2) is 18.2 Å². The maximum Gasteiger partial charge on any atom is 0.306 e. The number of aryl methyl sites for hydroxylation is 1. The molecule has 3 amide bonds. The summed E-state index contributed by atoms with van der Waals surface area (Å²) >= 11 is 0. The van der Waals surface area contributed by atoms with Crippen molar-refractivity contribution in [1.29, 1.82) is 0 Å². The molecule has 0 aromatic heterocycles. The smallest absolute Gasteiger partial charge is 0.306 e. The molecule has 1 heterocycles. The quantitative estimate of drug-likeness (QED) is 0.800. The van der Waals surface area contributed by atoms with Crippen LogP contribution in [0, 0.1) is 12.8 Å². The van der Waals surface area contributed by atoms with Crippen molar-refractivity contribution in [2.45, 2.75) is 32.2 Å². The Hall–Kier alpha value is -2.70. The summed E-state index contributed by atoms with van der Waals surface area (Å²) in [6.45, 7) is 1.48. The second-order valence-electron chi connectivity index (χ2n) is 6.36. The van der Waals surface area contributed by atoms with E-state index in [1.165, 1.54) is 0 Å². The fraction of sp³-hybridized carbons (Fsp3) is 0.412. The summed E-state index contributed by atoms with van der Waals surface area (Å²) in [6, 6.07) is 4.76. The molecule has 1 aromatic carbocycles. The van der Waals surface area contributed by atoms with Gasteiger partial charge in [0.05, 0.1) is 17.0 Å². The Kier molecular flexibility index (Phi) is 4.09. The Morgan fingerprint density at radius 2 is 1.92 bits per heavy atom. The predicted molar refractivity (Wildman–Crippen MR) is 83.5 cm³/mol. The molecule has 2 atom stereocenters. The summed E-state index contributed by atoms with van der Waals surface area (Å²) in [7, 11) is 0. The number of hydrogen-bond acceptors (Lipinski definition) is 4. The molecular weight excluding hydrogens is 312 g/mol. The van der Waals surface area contributed by atoms with Crippen molar-refractivity contribution in [2.75, 3.05) is 6.54 Å².